The van der Waals surface area contributed by atoms with E-state index >= 15 is 0 Å². The second-order valence-corrected chi connectivity index (χ2v) is 6.01. The number of halogens is 2. The Morgan fingerprint density at radius 2 is 2.05 bits per heavy atom. The summed E-state index contributed by atoms with van der Waals surface area (Å²) in [5.74, 6) is 0.770. The second kappa shape index (κ2) is 5.45. The Morgan fingerprint density at radius 3 is 2.89 bits per heavy atom. The van der Waals surface area contributed by atoms with Crippen LogP contribution in [-0.2, 0) is 6.54 Å². The highest BCUT2D eigenvalue weighted by atomic mass is 79.9. The van der Waals surface area contributed by atoms with Crippen LogP contribution in [0.4, 0.5) is 5.82 Å². The van der Waals surface area contributed by atoms with Gasteiger partial charge in [0, 0.05) is 11.0 Å². The van der Waals surface area contributed by atoms with E-state index in [1.165, 1.54) is 5.56 Å². The third-order valence-electron chi connectivity index (χ3n) is 2.70. The van der Waals surface area contributed by atoms with Crippen LogP contribution in [0, 0.1) is 0 Å². The molecule has 0 saturated heterocycles. The van der Waals surface area contributed by atoms with Crippen LogP contribution in [0.5, 0.6) is 0 Å². The molecular formula is C13H9BrClN3S. The maximum absolute atomic E-state index is 5.93. The normalized spacial score (nSPS) is 10.8. The predicted octanol–water partition coefficient (Wildman–Crippen LogP) is 4.72. The van der Waals surface area contributed by atoms with E-state index in [-0.39, 0.29) is 5.28 Å². The van der Waals surface area contributed by atoms with E-state index in [1.54, 1.807) is 11.3 Å². The van der Waals surface area contributed by atoms with Crippen LogP contribution in [0.15, 0.2) is 40.2 Å². The van der Waals surface area contributed by atoms with Gasteiger partial charge < -0.3 is 5.32 Å². The van der Waals surface area contributed by atoms with Crippen molar-refractivity contribution in [1.29, 1.82) is 0 Å². The zero-order chi connectivity index (χ0) is 13.2. The number of anilines is 1. The van der Waals surface area contributed by atoms with E-state index in [2.05, 4.69) is 37.3 Å². The molecule has 1 N–H and O–H groups in total. The smallest absolute Gasteiger partial charge is 0.225 e. The number of hydrogen-bond acceptors (Lipinski definition) is 4. The Bertz CT molecular complexity index is 729. The SMILES string of the molecule is Clc1nc(NCc2ccccc2Br)c2ccsc2n1. The summed E-state index contributed by atoms with van der Waals surface area (Å²) < 4.78 is 1.07. The Balaban J connectivity index is 1.90. The Kier molecular flexibility index (Phi) is 3.68. The van der Waals surface area contributed by atoms with Crippen LogP contribution >= 0.6 is 38.9 Å². The van der Waals surface area contributed by atoms with E-state index in [0.717, 1.165) is 20.5 Å². The van der Waals surface area contributed by atoms with Crippen molar-refractivity contribution in [1.82, 2.24) is 9.97 Å². The zero-order valence-corrected chi connectivity index (χ0v) is 12.9. The van der Waals surface area contributed by atoms with E-state index in [0.29, 0.717) is 6.54 Å². The van der Waals surface area contributed by atoms with Gasteiger partial charge in [-0.3, -0.25) is 0 Å². The molecule has 0 aliphatic carbocycles. The second-order valence-electron chi connectivity index (χ2n) is 3.93. The van der Waals surface area contributed by atoms with Crippen molar-refractivity contribution < 1.29 is 0 Å². The number of nitrogens with one attached hydrogen (secondary N) is 1. The van der Waals surface area contributed by atoms with E-state index in [9.17, 15) is 0 Å². The minimum Gasteiger partial charge on any atom is -0.365 e. The van der Waals surface area contributed by atoms with Gasteiger partial charge in [0.2, 0.25) is 5.28 Å². The van der Waals surface area contributed by atoms with Crippen molar-refractivity contribution in [2.45, 2.75) is 6.54 Å². The minimum atomic E-state index is 0.268. The maximum atomic E-state index is 5.93. The molecule has 0 amide bonds. The minimum absolute atomic E-state index is 0.268. The van der Waals surface area contributed by atoms with Gasteiger partial charge in [-0.15, -0.1) is 11.3 Å². The molecule has 0 aliphatic heterocycles. The van der Waals surface area contributed by atoms with Gasteiger partial charge in [-0.05, 0) is 34.7 Å². The third-order valence-corrected chi connectivity index (χ3v) is 4.45. The summed E-state index contributed by atoms with van der Waals surface area (Å²) in [6.07, 6.45) is 0. The van der Waals surface area contributed by atoms with Crippen LogP contribution in [-0.4, -0.2) is 9.97 Å². The summed E-state index contributed by atoms with van der Waals surface area (Å²) in [7, 11) is 0. The molecule has 3 nitrogen and oxygen atoms in total. The van der Waals surface area contributed by atoms with Gasteiger partial charge in [-0.25, -0.2) is 9.97 Å². The fraction of sp³-hybridized carbons (Fsp3) is 0.0769. The molecule has 0 radical (unpaired) electrons. The molecule has 96 valence electrons. The average molecular weight is 355 g/mol. The molecular weight excluding hydrogens is 346 g/mol. The van der Waals surface area contributed by atoms with Crippen LogP contribution in [0.1, 0.15) is 5.56 Å². The molecule has 3 rings (SSSR count). The average Bonchev–Trinajstić information content (AvgIpc) is 2.85. The summed E-state index contributed by atoms with van der Waals surface area (Å²) in [5.41, 5.74) is 1.17. The summed E-state index contributed by atoms with van der Waals surface area (Å²) >= 11 is 11.0. The number of thiophene rings is 1. The maximum Gasteiger partial charge on any atom is 0.225 e. The molecule has 0 bridgehead atoms. The number of fused-ring (bicyclic) bond motifs is 1. The molecule has 0 fully saturated rings. The summed E-state index contributed by atoms with van der Waals surface area (Å²) in [6.45, 7) is 0.680. The fourth-order valence-electron chi connectivity index (χ4n) is 1.78. The summed E-state index contributed by atoms with van der Waals surface area (Å²) in [4.78, 5) is 9.34. The van der Waals surface area contributed by atoms with Crippen LogP contribution in [0.25, 0.3) is 10.2 Å². The Hall–Kier alpha value is -1.17. The van der Waals surface area contributed by atoms with Crippen LogP contribution in [0.2, 0.25) is 5.28 Å². The van der Waals surface area contributed by atoms with Crippen LogP contribution in [0.3, 0.4) is 0 Å². The van der Waals surface area contributed by atoms with Gasteiger partial charge in [-0.2, -0.15) is 0 Å². The van der Waals surface area contributed by atoms with Gasteiger partial charge in [0.15, 0.2) is 0 Å². The number of rotatable bonds is 3. The number of benzene rings is 1. The highest BCUT2D eigenvalue weighted by Gasteiger charge is 2.08. The number of hydrogen-bond donors (Lipinski definition) is 1. The highest BCUT2D eigenvalue weighted by Crippen LogP contribution is 2.27. The van der Waals surface area contributed by atoms with Gasteiger partial charge >= 0.3 is 0 Å². The first kappa shape index (κ1) is 12.8. The zero-order valence-electron chi connectivity index (χ0n) is 9.73. The molecule has 19 heavy (non-hydrogen) atoms. The van der Waals surface area contributed by atoms with Crippen molar-refractivity contribution in [2.75, 3.05) is 5.32 Å². The number of aromatic nitrogens is 2. The Labute approximate surface area is 127 Å². The molecule has 0 unspecified atom stereocenters. The largest absolute Gasteiger partial charge is 0.365 e. The lowest BCUT2D eigenvalue weighted by molar-refractivity contribution is 1.10. The molecule has 0 saturated carbocycles. The molecule has 2 heterocycles. The summed E-state index contributed by atoms with van der Waals surface area (Å²) in [5, 5.41) is 6.57. The molecule has 1 aromatic carbocycles. The predicted molar refractivity (Wildman–Crippen MR) is 83.9 cm³/mol. The van der Waals surface area contributed by atoms with Crippen LogP contribution < -0.4 is 5.32 Å². The molecule has 0 spiro atoms. The van der Waals surface area contributed by atoms with E-state index in [1.807, 2.05) is 29.6 Å². The highest BCUT2D eigenvalue weighted by molar-refractivity contribution is 9.10. The third kappa shape index (κ3) is 2.73. The summed E-state index contributed by atoms with van der Waals surface area (Å²) in [6, 6.07) is 10.1. The first-order valence-corrected chi connectivity index (χ1v) is 7.67. The first-order valence-electron chi connectivity index (χ1n) is 5.62. The quantitative estimate of drug-likeness (QED) is 0.692. The fourth-order valence-corrected chi connectivity index (χ4v) is 3.19. The lowest BCUT2D eigenvalue weighted by atomic mass is 10.2. The topological polar surface area (TPSA) is 37.8 Å². The molecule has 0 aliphatic rings. The van der Waals surface area contributed by atoms with E-state index in [4.69, 9.17) is 11.6 Å². The lowest BCUT2D eigenvalue weighted by Gasteiger charge is -2.08. The van der Waals surface area contributed by atoms with Crippen molar-refractivity contribution in [3.8, 4) is 0 Å². The first-order chi connectivity index (χ1) is 9.24. The molecule has 3 aromatic rings. The lowest BCUT2D eigenvalue weighted by Crippen LogP contribution is -2.03. The molecule has 0 atom stereocenters. The van der Waals surface area contributed by atoms with Gasteiger partial charge in [0.25, 0.3) is 0 Å². The van der Waals surface area contributed by atoms with Crippen molar-refractivity contribution in [3.05, 3.63) is 51.0 Å². The van der Waals surface area contributed by atoms with E-state index < -0.39 is 0 Å². The van der Waals surface area contributed by atoms with Gasteiger partial charge in [-0.1, -0.05) is 34.1 Å². The van der Waals surface area contributed by atoms with Crippen molar-refractivity contribution >= 4 is 54.9 Å². The monoisotopic (exact) mass is 353 g/mol. The van der Waals surface area contributed by atoms with Crippen molar-refractivity contribution in [2.24, 2.45) is 0 Å². The standard InChI is InChI=1S/C13H9BrClN3S/c14-10-4-2-1-3-8(10)7-16-11-9-5-6-19-12(9)18-13(15)17-11/h1-6H,7H2,(H,16,17,18). The van der Waals surface area contributed by atoms with Crippen molar-refractivity contribution in [3.63, 3.8) is 0 Å². The molecule has 6 heteroatoms. The molecule has 2 aromatic heterocycles. The van der Waals surface area contributed by atoms with Gasteiger partial charge in [0.05, 0.1) is 5.39 Å². The Morgan fingerprint density at radius 1 is 1.21 bits per heavy atom. The number of nitrogens with zero attached hydrogens (tertiary/aromatic N) is 2. The van der Waals surface area contributed by atoms with Gasteiger partial charge in [0.1, 0.15) is 10.6 Å².